The minimum Gasteiger partial charge on any atom is -0.350 e. The molecular weight excluding hydrogens is 230 g/mol. The molecule has 0 aliphatic carbocycles. The summed E-state index contributed by atoms with van der Waals surface area (Å²) in [7, 11) is 0. The molecule has 0 saturated heterocycles. The zero-order valence-electron chi connectivity index (χ0n) is 9.96. The highest BCUT2D eigenvalue weighted by atomic mass is 16.2. The van der Waals surface area contributed by atoms with Gasteiger partial charge in [-0.1, -0.05) is 0 Å². The normalized spacial score (nSPS) is 14.2. The van der Waals surface area contributed by atoms with Crippen LogP contribution in [0.5, 0.6) is 0 Å². The molecule has 0 bridgehead atoms. The predicted molar refractivity (Wildman–Crippen MR) is 68.6 cm³/mol. The Kier molecular flexibility index (Phi) is 2.33. The van der Waals surface area contributed by atoms with E-state index in [9.17, 15) is 9.59 Å². The maximum atomic E-state index is 11.7. The molecule has 1 aromatic carbocycles. The lowest BCUT2D eigenvalue weighted by Gasteiger charge is -2.12. The maximum Gasteiger partial charge on any atom is 0.268 e. The van der Waals surface area contributed by atoms with Crippen molar-refractivity contribution in [2.75, 3.05) is 11.9 Å². The molecule has 0 radical (unpaired) electrons. The molecule has 92 valence electrons. The molecule has 0 spiro atoms. The molecule has 2 aromatic rings. The Morgan fingerprint density at radius 2 is 2.22 bits per heavy atom. The molecule has 2 heterocycles. The Morgan fingerprint density at radius 1 is 1.39 bits per heavy atom. The van der Waals surface area contributed by atoms with Gasteiger partial charge < -0.3 is 15.6 Å². The Bertz CT molecular complexity index is 658. The van der Waals surface area contributed by atoms with E-state index in [0.29, 0.717) is 12.2 Å². The van der Waals surface area contributed by atoms with Crippen LogP contribution in [0.2, 0.25) is 0 Å². The summed E-state index contributed by atoms with van der Waals surface area (Å²) in [6.07, 6.45) is 0.810. The first-order valence-electron chi connectivity index (χ1n) is 5.85. The predicted octanol–water partition coefficient (Wildman–Crippen LogP) is 1.41. The second-order valence-corrected chi connectivity index (χ2v) is 4.43. The highest BCUT2D eigenvalue weighted by molar-refractivity contribution is 6.03. The molecule has 0 atom stereocenters. The van der Waals surface area contributed by atoms with Crippen molar-refractivity contribution in [1.29, 1.82) is 0 Å². The third-order valence-corrected chi connectivity index (χ3v) is 3.11. The number of aromatic nitrogens is 1. The van der Waals surface area contributed by atoms with Crippen LogP contribution < -0.4 is 10.6 Å². The Morgan fingerprint density at radius 3 is 3.00 bits per heavy atom. The fourth-order valence-electron chi connectivity index (χ4n) is 2.37. The van der Waals surface area contributed by atoms with Gasteiger partial charge in [0, 0.05) is 30.1 Å². The molecule has 1 aliphatic heterocycles. The summed E-state index contributed by atoms with van der Waals surface area (Å²) in [6, 6.07) is 5.61. The number of carbonyl (C=O) groups is 2. The van der Waals surface area contributed by atoms with Gasteiger partial charge in [0.2, 0.25) is 5.91 Å². The molecule has 0 unspecified atom stereocenters. The van der Waals surface area contributed by atoms with Crippen LogP contribution in [-0.4, -0.2) is 23.3 Å². The summed E-state index contributed by atoms with van der Waals surface area (Å²) in [4.78, 5) is 25.9. The third kappa shape index (κ3) is 1.64. The van der Waals surface area contributed by atoms with Crippen molar-refractivity contribution in [3.63, 3.8) is 0 Å². The number of fused-ring (bicyclic) bond motifs is 3. The van der Waals surface area contributed by atoms with E-state index >= 15 is 0 Å². The van der Waals surface area contributed by atoms with E-state index in [1.807, 2.05) is 18.2 Å². The summed E-state index contributed by atoms with van der Waals surface area (Å²) in [5.74, 6) is -0.162. The Balaban J connectivity index is 2.15. The lowest BCUT2D eigenvalue weighted by atomic mass is 10.0. The summed E-state index contributed by atoms with van der Waals surface area (Å²) < 4.78 is 0. The number of H-pyrrole nitrogens is 1. The number of hydrogen-bond donors (Lipinski definition) is 3. The van der Waals surface area contributed by atoms with Crippen molar-refractivity contribution in [1.82, 2.24) is 10.3 Å². The van der Waals surface area contributed by atoms with Gasteiger partial charge in [-0.25, -0.2) is 0 Å². The van der Waals surface area contributed by atoms with Gasteiger partial charge in [-0.05, 0) is 30.2 Å². The first kappa shape index (κ1) is 10.8. The molecule has 1 aliphatic rings. The number of hydrogen-bond acceptors (Lipinski definition) is 2. The highest BCUT2D eigenvalue weighted by Crippen LogP contribution is 2.27. The molecule has 18 heavy (non-hydrogen) atoms. The lowest BCUT2D eigenvalue weighted by Crippen LogP contribution is -2.31. The van der Waals surface area contributed by atoms with Crippen LogP contribution in [0.3, 0.4) is 0 Å². The fraction of sp³-hybridized carbons (Fsp3) is 0.231. The van der Waals surface area contributed by atoms with Crippen molar-refractivity contribution >= 4 is 28.4 Å². The zero-order chi connectivity index (χ0) is 12.7. The summed E-state index contributed by atoms with van der Waals surface area (Å²) >= 11 is 0. The van der Waals surface area contributed by atoms with Gasteiger partial charge in [0.1, 0.15) is 5.69 Å². The molecule has 5 nitrogen and oxygen atoms in total. The topological polar surface area (TPSA) is 74.0 Å². The number of anilines is 1. The SMILES string of the molecule is CC(=O)Nc1ccc2[nH]c3c(c2c1)CCNC3=O. The number of aromatic amines is 1. The first-order chi connectivity index (χ1) is 8.65. The number of rotatable bonds is 1. The summed E-state index contributed by atoms with van der Waals surface area (Å²) in [6.45, 7) is 2.13. The van der Waals surface area contributed by atoms with Crippen molar-refractivity contribution in [2.24, 2.45) is 0 Å². The fourth-order valence-corrected chi connectivity index (χ4v) is 2.37. The molecule has 0 fully saturated rings. The molecule has 0 saturated carbocycles. The van der Waals surface area contributed by atoms with E-state index < -0.39 is 0 Å². The van der Waals surface area contributed by atoms with Crippen molar-refractivity contribution in [3.05, 3.63) is 29.5 Å². The number of nitrogens with one attached hydrogen (secondary N) is 3. The van der Waals surface area contributed by atoms with Gasteiger partial charge in [-0.15, -0.1) is 0 Å². The van der Waals surface area contributed by atoms with E-state index in [4.69, 9.17) is 0 Å². The minimum absolute atomic E-state index is 0.0615. The Hall–Kier alpha value is -2.30. The van der Waals surface area contributed by atoms with Crippen molar-refractivity contribution < 1.29 is 9.59 Å². The largest absolute Gasteiger partial charge is 0.350 e. The van der Waals surface area contributed by atoms with Crippen LogP contribution in [0.15, 0.2) is 18.2 Å². The van der Waals surface area contributed by atoms with E-state index in [0.717, 1.165) is 28.6 Å². The maximum absolute atomic E-state index is 11.7. The van der Waals surface area contributed by atoms with E-state index in [1.54, 1.807) is 0 Å². The van der Waals surface area contributed by atoms with Gasteiger partial charge in [-0.3, -0.25) is 9.59 Å². The average molecular weight is 243 g/mol. The second kappa shape index (κ2) is 3.87. The summed E-state index contributed by atoms with van der Waals surface area (Å²) in [5.41, 5.74) is 3.34. The van der Waals surface area contributed by atoms with Crippen LogP contribution in [0, 0.1) is 0 Å². The molecule has 5 heteroatoms. The third-order valence-electron chi connectivity index (χ3n) is 3.11. The highest BCUT2D eigenvalue weighted by Gasteiger charge is 2.21. The molecule has 3 N–H and O–H groups in total. The standard InChI is InChI=1S/C13H13N3O2/c1-7(17)15-8-2-3-11-10(6-8)9-4-5-14-13(18)12(9)16-11/h2-3,6,16H,4-5H2,1H3,(H,14,18)(H,15,17). The van der Waals surface area contributed by atoms with Gasteiger partial charge in [0.15, 0.2) is 0 Å². The van der Waals surface area contributed by atoms with Crippen LogP contribution in [0.4, 0.5) is 5.69 Å². The van der Waals surface area contributed by atoms with E-state index in [-0.39, 0.29) is 11.8 Å². The van der Waals surface area contributed by atoms with Crippen molar-refractivity contribution in [2.45, 2.75) is 13.3 Å². The Labute approximate surface area is 104 Å². The van der Waals surface area contributed by atoms with Gasteiger partial charge >= 0.3 is 0 Å². The van der Waals surface area contributed by atoms with E-state index in [1.165, 1.54) is 6.92 Å². The van der Waals surface area contributed by atoms with Crippen molar-refractivity contribution in [3.8, 4) is 0 Å². The van der Waals surface area contributed by atoms with Crippen LogP contribution in [-0.2, 0) is 11.2 Å². The quantitative estimate of drug-likeness (QED) is 0.708. The van der Waals surface area contributed by atoms with Gasteiger partial charge in [0.25, 0.3) is 5.91 Å². The number of benzene rings is 1. The van der Waals surface area contributed by atoms with Gasteiger partial charge in [0.05, 0.1) is 0 Å². The van der Waals surface area contributed by atoms with E-state index in [2.05, 4.69) is 15.6 Å². The molecule has 3 rings (SSSR count). The smallest absolute Gasteiger partial charge is 0.268 e. The average Bonchev–Trinajstić information content (AvgIpc) is 2.68. The molecular formula is C13H13N3O2. The first-order valence-corrected chi connectivity index (χ1v) is 5.85. The monoisotopic (exact) mass is 243 g/mol. The lowest BCUT2D eigenvalue weighted by molar-refractivity contribution is -0.114. The molecule has 1 aromatic heterocycles. The summed E-state index contributed by atoms with van der Waals surface area (Å²) in [5, 5.41) is 6.56. The van der Waals surface area contributed by atoms with Crippen LogP contribution >= 0.6 is 0 Å². The molecule has 2 amide bonds. The zero-order valence-corrected chi connectivity index (χ0v) is 9.96. The van der Waals surface area contributed by atoms with Gasteiger partial charge in [-0.2, -0.15) is 0 Å². The van der Waals surface area contributed by atoms with Crippen LogP contribution in [0.25, 0.3) is 10.9 Å². The number of carbonyl (C=O) groups excluding carboxylic acids is 2. The number of amides is 2. The minimum atomic E-state index is -0.100. The van der Waals surface area contributed by atoms with Crippen LogP contribution in [0.1, 0.15) is 23.0 Å². The second-order valence-electron chi connectivity index (χ2n) is 4.43.